The quantitative estimate of drug-likeness (QED) is 0.718. The van der Waals surface area contributed by atoms with Gasteiger partial charge in [-0.05, 0) is 0 Å². The number of thiophene rings is 1. The SMILES string of the molecule is NCc1scc(NS(N)(=O)=O)c1Cl. The highest BCUT2D eigenvalue weighted by atomic mass is 35.5. The van der Waals surface area contributed by atoms with E-state index in [4.69, 9.17) is 22.5 Å². The smallest absolute Gasteiger partial charge is 0.296 e. The molecule has 1 aromatic rings. The molecule has 0 saturated carbocycles. The molecule has 0 spiro atoms. The number of anilines is 1. The lowest BCUT2D eigenvalue weighted by Gasteiger charge is -2.00. The molecule has 0 radical (unpaired) electrons. The summed E-state index contributed by atoms with van der Waals surface area (Å²) in [4.78, 5) is 0.716. The van der Waals surface area contributed by atoms with Gasteiger partial charge in [-0.15, -0.1) is 11.3 Å². The zero-order chi connectivity index (χ0) is 10.1. The van der Waals surface area contributed by atoms with Gasteiger partial charge >= 0.3 is 0 Å². The molecule has 0 unspecified atom stereocenters. The van der Waals surface area contributed by atoms with Crippen molar-refractivity contribution in [3.05, 3.63) is 15.3 Å². The first-order valence-corrected chi connectivity index (χ1v) is 6.01. The van der Waals surface area contributed by atoms with Crippen LogP contribution < -0.4 is 15.6 Å². The summed E-state index contributed by atoms with van der Waals surface area (Å²) in [5.41, 5.74) is 5.62. The van der Waals surface area contributed by atoms with Gasteiger partial charge in [-0.25, -0.2) is 5.14 Å². The minimum absolute atomic E-state index is 0.273. The van der Waals surface area contributed by atoms with Gasteiger partial charge in [-0.3, -0.25) is 4.72 Å². The Morgan fingerprint density at radius 1 is 1.62 bits per heavy atom. The number of hydrogen-bond acceptors (Lipinski definition) is 4. The molecule has 0 aliphatic heterocycles. The first-order chi connectivity index (χ1) is 5.94. The number of nitrogens with one attached hydrogen (secondary N) is 1. The van der Waals surface area contributed by atoms with E-state index in [0.29, 0.717) is 9.90 Å². The Labute approximate surface area is 84.9 Å². The van der Waals surface area contributed by atoms with Crippen molar-refractivity contribution in [2.45, 2.75) is 6.54 Å². The van der Waals surface area contributed by atoms with Gasteiger partial charge in [0.25, 0.3) is 10.2 Å². The summed E-state index contributed by atoms with van der Waals surface area (Å²) < 4.78 is 23.3. The monoisotopic (exact) mass is 241 g/mol. The lowest BCUT2D eigenvalue weighted by atomic mass is 10.4. The largest absolute Gasteiger partial charge is 0.326 e. The third-order valence-corrected chi connectivity index (χ3v) is 3.29. The molecule has 8 heteroatoms. The van der Waals surface area contributed by atoms with E-state index in [0.717, 1.165) is 0 Å². The molecular formula is C5H8ClN3O2S2. The molecule has 1 rings (SSSR count). The van der Waals surface area contributed by atoms with Crippen LogP contribution in [-0.2, 0) is 16.8 Å². The average molecular weight is 242 g/mol. The lowest BCUT2D eigenvalue weighted by Crippen LogP contribution is -2.21. The van der Waals surface area contributed by atoms with Crippen molar-refractivity contribution < 1.29 is 8.42 Å². The molecule has 0 bridgehead atoms. The maximum Gasteiger partial charge on any atom is 0.296 e. The van der Waals surface area contributed by atoms with Crippen LogP contribution in [0.1, 0.15) is 4.88 Å². The van der Waals surface area contributed by atoms with Crippen LogP contribution in [0.25, 0.3) is 0 Å². The molecule has 13 heavy (non-hydrogen) atoms. The Morgan fingerprint density at radius 3 is 2.62 bits per heavy atom. The van der Waals surface area contributed by atoms with Crippen LogP contribution >= 0.6 is 22.9 Å². The van der Waals surface area contributed by atoms with Crippen molar-refractivity contribution in [2.75, 3.05) is 4.72 Å². The normalized spacial score (nSPS) is 11.6. The molecule has 0 saturated heterocycles. The van der Waals surface area contributed by atoms with Gasteiger partial charge in [0.05, 0.1) is 10.7 Å². The molecule has 1 aromatic heterocycles. The summed E-state index contributed by atoms with van der Waals surface area (Å²) in [5, 5.41) is 6.62. The van der Waals surface area contributed by atoms with Crippen molar-refractivity contribution >= 4 is 38.8 Å². The standard InChI is InChI=1S/C5H8ClN3O2S2/c6-5-3(9-13(8,10)11)2-12-4(5)1-7/h2,9H,1,7H2,(H2,8,10,11). The summed E-state index contributed by atoms with van der Waals surface area (Å²) in [6, 6.07) is 0. The van der Waals surface area contributed by atoms with E-state index in [1.807, 2.05) is 0 Å². The van der Waals surface area contributed by atoms with Crippen LogP contribution in [0.3, 0.4) is 0 Å². The summed E-state index contributed by atoms with van der Waals surface area (Å²) in [7, 11) is -3.76. The summed E-state index contributed by atoms with van der Waals surface area (Å²) in [6.07, 6.45) is 0. The predicted molar refractivity (Wildman–Crippen MR) is 54.0 cm³/mol. The number of hydrogen-bond donors (Lipinski definition) is 3. The Balaban J connectivity index is 2.97. The molecule has 1 heterocycles. The molecule has 0 aliphatic carbocycles. The molecule has 0 fully saturated rings. The fraction of sp³-hybridized carbons (Fsp3) is 0.200. The second-order valence-corrected chi connectivity index (χ2v) is 4.87. The Hall–Kier alpha value is -0.340. The van der Waals surface area contributed by atoms with Gasteiger partial charge in [0, 0.05) is 16.8 Å². The zero-order valence-corrected chi connectivity index (χ0v) is 8.84. The second kappa shape index (κ2) is 3.81. The van der Waals surface area contributed by atoms with E-state index in [9.17, 15) is 8.42 Å². The summed E-state index contributed by atoms with van der Waals surface area (Å²) in [5.74, 6) is 0. The van der Waals surface area contributed by atoms with E-state index in [-0.39, 0.29) is 12.2 Å². The van der Waals surface area contributed by atoms with Gasteiger partial charge in [-0.1, -0.05) is 11.6 Å². The fourth-order valence-electron chi connectivity index (χ4n) is 0.744. The molecule has 5 nitrogen and oxygen atoms in total. The van der Waals surface area contributed by atoms with Crippen LogP contribution in [0.4, 0.5) is 5.69 Å². The third-order valence-electron chi connectivity index (χ3n) is 1.24. The van der Waals surface area contributed by atoms with Gasteiger partial charge in [-0.2, -0.15) is 8.42 Å². The molecule has 0 amide bonds. The van der Waals surface area contributed by atoms with Crippen molar-refractivity contribution in [3.63, 3.8) is 0 Å². The maximum atomic E-state index is 10.6. The average Bonchev–Trinajstić information content (AvgIpc) is 2.30. The molecular weight excluding hydrogens is 234 g/mol. The van der Waals surface area contributed by atoms with Crippen LogP contribution in [0.15, 0.2) is 5.38 Å². The van der Waals surface area contributed by atoms with E-state index in [2.05, 4.69) is 4.72 Å². The Kier molecular flexibility index (Phi) is 3.14. The lowest BCUT2D eigenvalue weighted by molar-refractivity contribution is 0.603. The topological polar surface area (TPSA) is 98.2 Å². The first-order valence-electron chi connectivity index (χ1n) is 3.20. The van der Waals surface area contributed by atoms with E-state index >= 15 is 0 Å². The van der Waals surface area contributed by atoms with Crippen LogP contribution in [0.5, 0.6) is 0 Å². The van der Waals surface area contributed by atoms with E-state index in [1.165, 1.54) is 11.3 Å². The molecule has 5 N–H and O–H groups in total. The van der Waals surface area contributed by atoms with Crippen LogP contribution in [0, 0.1) is 0 Å². The fourth-order valence-corrected chi connectivity index (χ4v) is 2.47. The summed E-state index contributed by atoms with van der Waals surface area (Å²) >= 11 is 7.06. The van der Waals surface area contributed by atoms with E-state index in [1.54, 1.807) is 5.38 Å². The van der Waals surface area contributed by atoms with Crippen molar-refractivity contribution in [3.8, 4) is 0 Å². The van der Waals surface area contributed by atoms with Gasteiger partial charge in [0.15, 0.2) is 0 Å². The van der Waals surface area contributed by atoms with Gasteiger partial charge < -0.3 is 5.73 Å². The third kappa shape index (κ3) is 2.82. The Bertz CT molecular complexity index is 400. The van der Waals surface area contributed by atoms with Gasteiger partial charge in [0.1, 0.15) is 0 Å². The first kappa shape index (κ1) is 10.7. The molecule has 74 valence electrons. The second-order valence-electron chi connectivity index (χ2n) is 2.24. The van der Waals surface area contributed by atoms with Crippen molar-refractivity contribution in [2.24, 2.45) is 10.9 Å². The molecule has 0 aliphatic rings. The van der Waals surface area contributed by atoms with Crippen LogP contribution in [-0.4, -0.2) is 8.42 Å². The number of halogens is 1. The molecule has 0 aromatic carbocycles. The highest BCUT2D eigenvalue weighted by molar-refractivity contribution is 7.90. The minimum Gasteiger partial charge on any atom is -0.326 e. The number of rotatable bonds is 3. The maximum absolute atomic E-state index is 10.6. The van der Waals surface area contributed by atoms with Gasteiger partial charge in [0.2, 0.25) is 0 Å². The highest BCUT2D eigenvalue weighted by Gasteiger charge is 2.11. The Morgan fingerprint density at radius 2 is 2.23 bits per heavy atom. The molecule has 0 atom stereocenters. The minimum atomic E-state index is -3.76. The van der Waals surface area contributed by atoms with Crippen LogP contribution in [0.2, 0.25) is 5.02 Å². The number of nitrogens with two attached hydrogens (primary N) is 2. The van der Waals surface area contributed by atoms with E-state index < -0.39 is 10.2 Å². The summed E-state index contributed by atoms with van der Waals surface area (Å²) in [6.45, 7) is 0.274. The van der Waals surface area contributed by atoms with Crippen molar-refractivity contribution in [1.29, 1.82) is 0 Å². The highest BCUT2D eigenvalue weighted by Crippen LogP contribution is 2.32. The zero-order valence-electron chi connectivity index (χ0n) is 6.45. The predicted octanol–water partition coefficient (Wildman–Crippen LogP) is 0.476. The van der Waals surface area contributed by atoms with Crippen molar-refractivity contribution in [1.82, 2.24) is 0 Å².